The van der Waals surface area contributed by atoms with E-state index in [1.165, 1.54) is 47.0 Å². The van der Waals surface area contributed by atoms with E-state index >= 15 is 0 Å². The molecule has 12 rings (SSSR count). The second-order valence-electron chi connectivity index (χ2n) is 21.9. The van der Waals surface area contributed by atoms with E-state index in [9.17, 15) is 10.4 Å². The number of nitrogens with zero attached hydrogens (tertiary/aromatic N) is 9. The molecule has 6 aromatic carbocycles. The average molecular weight is 1330 g/mol. The molecule has 2 unspecified atom stereocenters. The van der Waals surface area contributed by atoms with E-state index in [1.54, 1.807) is 21.4 Å². The molecule has 486 valence electrons. The molecule has 0 aliphatic carbocycles. The lowest BCUT2D eigenvalue weighted by atomic mass is 9.79. The molecule has 2 saturated heterocycles. The summed E-state index contributed by atoms with van der Waals surface area (Å²) in [5.41, 5.74) is 3.33. The highest BCUT2D eigenvalue weighted by Gasteiger charge is 2.69. The molecule has 2 aliphatic rings. The Kier molecular flexibility index (Phi) is 24.5. The molecule has 2 aliphatic heterocycles. The van der Waals surface area contributed by atoms with Crippen molar-refractivity contribution in [1.29, 1.82) is 5.26 Å². The number of ether oxygens (including phenoxy) is 8. The predicted octanol–water partition coefficient (Wildman–Crippen LogP) is 13.6. The Morgan fingerprint density at radius 2 is 0.817 bits per heavy atom. The van der Waals surface area contributed by atoms with Gasteiger partial charge in [-0.1, -0.05) is 220 Å². The Morgan fingerprint density at radius 3 is 1.20 bits per heavy atom. The lowest BCUT2D eigenvalue weighted by Crippen LogP contribution is -2.55. The minimum atomic E-state index is -2.02. The summed E-state index contributed by atoms with van der Waals surface area (Å²) in [6, 6.07) is 61.9. The number of hydrogen-bond donors (Lipinski definition) is 1. The van der Waals surface area contributed by atoms with E-state index < -0.39 is 47.0 Å². The first-order valence-electron chi connectivity index (χ1n) is 29.5. The van der Waals surface area contributed by atoms with Gasteiger partial charge in [0.05, 0.1) is 65.2 Å². The first kappa shape index (κ1) is 70.3. The second kappa shape index (κ2) is 32.4. The Hall–Kier alpha value is -7.05. The van der Waals surface area contributed by atoms with Gasteiger partial charge in [-0.25, -0.2) is 29.0 Å². The van der Waals surface area contributed by atoms with Crippen LogP contribution in [0.4, 0.5) is 0 Å². The van der Waals surface area contributed by atoms with Gasteiger partial charge in [-0.2, -0.15) is 5.26 Å². The van der Waals surface area contributed by atoms with Gasteiger partial charge in [-0.3, -0.25) is 0 Å². The van der Waals surface area contributed by atoms with Gasteiger partial charge in [-0.05, 0) is 72.3 Å². The molecule has 18 nitrogen and oxygen atoms in total. The van der Waals surface area contributed by atoms with Crippen molar-refractivity contribution in [3.63, 3.8) is 0 Å². The molecular formula is C71H79N9O9S4. The van der Waals surface area contributed by atoms with Gasteiger partial charge in [0.1, 0.15) is 57.5 Å². The molecule has 1 N–H and O–H groups in total. The SMILES string of the molecule is C.C.CSc1nc(SC)c2ncc(C3(C#N)O[C@H](COCc4ccccc4)[C@@H](OCc4ccccc4)[C@@]3(C)OCc3ccccc3)n2n1.CSc1nc(SC)c2ncc(C3(O)O[C@H](COCc4ccccc4)[C@@H](OCc4ccccc4)[C@@]3(C)OCc3ccccc3)n2n1. The van der Waals surface area contributed by atoms with Crippen LogP contribution >= 0.6 is 47.0 Å². The molecule has 10 aromatic rings. The molecular weight excluding hydrogens is 1250 g/mol. The van der Waals surface area contributed by atoms with Crippen molar-refractivity contribution in [1.82, 2.24) is 39.2 Å². The van der Waals surface area contributed by atoms with Gasteiger partial charge in [0, 0.05) is 0 Å². The summed E-state index contributed by atoms with van der Waals surface area (Å²) in [4.78, 5) is 18.5. The minimum absolute atomic E-state index is 0. The van der Waals surface area contributed by atoms with Crippen LogP contribution in [-0.4, -0.2) is 118 Å². The van der Waals surface area contributed by atoms with Crippen molar-refractivity contribution in [2.75, 3.05) is 38.2 Å². The number of rotatable bonds is 26. The number of benzene rings is 6. The molecule has 0 radical (unpaired) electrons. The highest BCUT2D eigenvalue weighted by atomic mass is 32.2. The molecule has 0 spiro atoms. The Bertz CT molecular complexity index is 4000. The van der Waals surface area contributed by atoms with Crippen molar-refractivity contribution < 1.29 is 43.0 Å². The topological polar surface area (TPSA) is 204 Å². The maximum Gasteiger partial charge on any atom is 0.244 e. The van der Waals surface area contributed by atoms with Crippen LogP contribution in [0.1, 0.15) is 73.5 Å². The lowest BCUT2D eigenvalue weighted by Gasteiger charge is -2.39. The number of imidazole rings is 2. The van der Waals surface area contributed by atoms with Crippen LogP contribution in [0.15, 0.2) is 215 Å². The van der Waals surface area contributed by atoms with E-state index in [0.29, 0.717) is 62.9 Å². The molecule has 0 amide bonds. The normalized spacial score (nSPS) is 22.4. The maximum absolute atomic E-state index is 12.8. The predicted molar refractivity (Wildman–Crippen MR) is 365 cm³/mol. The average Bonchev–Trinajstić information content (AvgIpc) is 1.57. The number of aliphatic hydroxyl groups is 1. The zero-order chi connectivity index (χ0) is 63.3. The largest absolute Gasteiger partial charge is 0.374 e. The molecule has 0 bridgehead atoms. The van der Waals surface area contributed by atoms with Crippen molar-refractivity contribution in [2.24, 2.45) is 0 Å². The molecule has 2 fully saturated rings. The summed E-state index contributed by atoms with van der Waals surface area (Å²) < 4.78 is 56.1. The van der Waals surface area contributed by atoms with E-state index in [1.807, 2.05) is 221 Å². The van der Waals surface area contributed by atoms with Crippen molar-refractivity contribution in [2.45, 2.75) is 136 Å². The van der Waals surface area contributed by atoms with Crippen molar-refractivity contribution in [3.05, 3.63) is 239 Å². The molecule has 4 aromatic heterocycles. The number of thioether (sulfide) groups is 4. The standard InChI is InChI=1S/C35H35N5O4S2.C34H36N4O5S2.2CH4/c1-34(43-22-27-17-11-6-12-18-27)30(42-21-26-15-9-5-10-16-26)28(23-41-20-25-13-7-4-8-14-25)44-35(34,24-36)29-19-37-31-32(45-2)38-33(46-3)39-40(29)31;1-33(42-22-26-17-11-6-12-18-26)29(41-21-25-15-9-5-10-16-25)27(23-40-20-24-13-7-4-8-14-24)43-34(33,39)28-19-35-30-31(44-2)36-32(45-3)37-38(28)30;;/h4-19,28,30H,20-23H2,1-3H3;4-19,27,29,39H,20-23H2,1-3H3;2*1H4/t28-,30-,34-,35?;27-,29-,33-,34?;;/m11../s1. The number of nitriles is 1. The first-order valence-corrected chi connectivity index (χ1v) is 34.4. The molecule has 93 heavy (non-hydrogen) atoms. The highest BCUT2D eigenvalue weighted by molar-refractivity contribution is 7.99. The third-order valence-corrected chi connectivity index (χ3v) is 18.5. The molecule has 22 heteroatoms. The lowest BCUT2D eigenvalue weighted by molar-refractivity contribution is -0.294. The molecule has 6 heterocycles. The van der Waals surface area contributed by atoms with E-state index in [2.05, 4.69) is 26.0 Å². The van der Waals surface area contributed by atoms with Gasteiger partial charge >= 0.3 is 0 Å². The van der Waals surface area contributed by atoms with Crippen LogP contribution in [0, 0.1) is 11.3 Å². The van der Waals surface area contributed by atoms with Gasteiger partial charge < -0.3 is 43.0 Å². The smallest absolute Gasteiger partial charge is 0.244 e. The fourth-order valence-electron chi connectivity index (χ4n) is 11.3. The summed E-state index contributed by atoms with van der Waals surface area (Å²) in [7, 11) is 0. The summed E-state index contributed by atoms with van der Waals surface area (Å²) in [6.07, 6.45) is 8.10. The van der Waals surface area contributed by atoms with Gasteiger partial charge in [0.15, 0.2) is 16.9 Å². The monoisotopic (exact) mass is 1330 g/mol. The number of hydrogen-bond acceptors (Lipinski definition) is 20. The Labute approximate surface area is 561 Å². The summed E-state index contributed by atoms with van der Waals surface area (Å²) in [6.45, 7) is 5.80. The van der Waals surface area contributed by atoms with Gasteiger partial charge in [0.2, 0.25) is 21.7 Å². The second-order valence-corrected chi connectivity index (χ2v) is 25.1. The van der Waals surface area contributed by atoms with E-state index in [-0.39, 0.29) is 47.9 Å². The zero-order valence-corrected chi connectivity index (χ0v) is 54.6. The van der Waals surface area contributed by atoms with Crippen LogP contribution in [0.2, 0.25) is 0 Å². The molecule has 0 saturated carbocycles. The summed E-state index contributed by atoms with van der Waals surface area (Å²) in [5.74, 6) is -2.02. The Balaban J connectivity index is 0.000000215. The number of fused-ring (bicyclic) bond motifs is 2. The van der Waals surface area contributed by atoms with Crippen LogP contribution in [0.5, 0.6) is 0 Å². The van der Waals surface area contributed by atoms with Gasteiger partial charge in [-0.15, -0.1) is 33.7 Å². The van der Waals surface area contributed by atoms with Crippen LogP contribution in [0.3, 0.4) is 0 Å². The number of aromatic nitrogens is 8. The summed E-state index contributed by atoms with van der Waals surface area (Å²) in [5, 5.41) is 36.0. The fourth-order valence-corrected chi connectivity index (χ4v) is 13.1. The van der Waals surface area contributed by atoms with Crippen LogP contribution in [0.25, 0.3) is 11.3 Å². The maximum atomic E-state index is 12.8. The minimum Gasteiger partial charge on any atom is -0.374 e. The van der Waals surface area contributed by atoms with Crippen molar-refractivity contribution in [3.8, 4) is 6.07 Å². The van der Waals surface area contributed by atoms with Crippen LogP contribution in [-0.2, 0) is 88.9 Å². The third-order valence-electron chi connectivity index (χ3n) is 16.1. The zero-order valence-electron chi connectivity index (χ0n) is 51.3. The quantitative estimate of drug-likeness (QED) is 0.0501. The van der Waals surface area contributed by atoms with Gasteiger partial charge in [0.25, 0.3) is 0 Å². The highest BCUT2D eigenvalue weighted by Crippen LogP contribution is 2.52. The summed E-state index contributed by atoms with van der Waals surface area (Å²) >= 11 is 5.75. The molecule has 8 atom stereocenters. The van der Waals surface area contributed by atoms with E-state index in [4.69, 9.17) is 48.1 Å². The van der Waals surface area contributed by atoms with Crippen molar-refractivity contribution >= 4 is 58.3 Å². The van der Waals surface area contributed by atoms with Crippen LogP contribution < -0.4 is 0 Å². The first-order chi connectivity index (χ1) is 44.5. The Morgan fingerprint density at radius 1 is 0.473 bits per heavy atom. The fraction of sp³-hybridized carbons (Fsp3) is 0.338. The van der Waals surface area contributed by atoms with E-state index in [0.717, 1.165) is 33.4 Å². The third kappa shape index (κ3) is 15.2.